The number of nitrogens with zero attached hydrogens (tertiary/aromatic N) is 1. The van der Waals surface area contributed by atoms with Crippen molar-refractivity contribution in [2.24, 2.45) is 5.73 Å². The monoisotopic (exact) mass is 308 g/mol. The van der Waals surface area contributed by atoms with Gasteiger partial charge in [-0.05, 0) is 37.5 Å². The molecule has 2 N–H and O–H groups in total. The number of nitrogens with two attached hydrogens (primary N) is 1. The van der Waals surface area contributed by atoms with E-state index in [0.717, 1.165) is 18.9 Å². The summed E-state index contributed by atoms with van der Waals surface area (Å²) in [4.78, 5) is -0.000278. The summed E-state index contributed by atoms with van der Waals surface area (Å²) in [5.41, 5.74) is 6.21. The zero-order valence-corrected chi connectivity index (χ0v) is 12.3. The SMILES string of the molecule is Cc1ccc(S(=O)(=O)N2CCC[C@@H](N)C2)cc1F.Cl. The third kappa shape index (κ3) is 3.45. The molecule has 4 nitrogen and oxygen atoms in total. The number of aryl methyl sites for hydroxylation is 1. The first-order valence-electron chi connectivity index (χ1n) is 5.93. The molecule has 1 aromatic carbocycles. The summed E-state index contributed by atoms with van der Waals surface area (Å²) in [6.45, 7) is 2.35. The quantitative estimate of drug-likeness (QED) is 0.904. The Hall–Kier alpha value is -0.690. The first kappa shape index (κ1) is 16.4. The number of halogens is 2. The van der Waals surface area contributed by atoms with Crippen LogP contribution in [0.3, 0.4) is 0 Å². The maximum atomic E-state index is 13.4. The molecule has 0 radical (unpaired) electrons. The Morgan fingerprint density at radius 1 is 1.42 bits per heavy atom. The molecule has 7 heteroatoms. The van der Waals surface area contributed by atoms with E-state index in [1.165, 1.54) is 16.4 Å². The van der Waals surface area contributed by atoms with E-state index in [-0.39, 0.29) is 23.3 Å². The van der Waals surface area contributed by atoms with Gasteiger partial charge in [-0.3, -0.25) is 0 Å². The number of rotatable bonds is 2. The van der Waals surface area contributed by atoms with E-state index >= 15 is 0 Å². The highest BCUT2D eigenvalue weighted by atomic mass is 35.5. The minimum absolute atomic E-state index is 0. The van der Waals surface area contributed by atoms with Crippen molar-refractivity contribution in [1.29, 1.82) is 0 Å². The lowest BCUT2D eigenvalue weighted by Crippen LogP contribution is -2.45. The minimum Gasteiger partial charge on any atom is -0.327 e. The Kier molecular flexibility index (Phi) is 5.32. The molecule has 1 aliphatic heterocycles. The molecular weight excluding hydrogens is 291 g/mol. The predicted molar refractivity (Wildman–Crippen MR) is 74.4 cm³/mol. The van der Waals surface area contributed by atoms with Crippen LogP contribution in [0.2, 0.25) is 0 Å². The molecule has 0 amide bonds. The minimum atomic E-state index is -3.62. The van der Waals surface area contributed by atoms with Gasteiger partial charge in [0.1, 0.15) is 5.82 Å². The first-order chi connectivity index (χ1) is 8.41. The summed E-state index contributed by atoms with van der Waals surface area (Å²) in [5, 5.41) is 0. The molecule has 1 saturated heterocycles. The number of benzene rings is 1. The summed E-state index contributed by atoms with van der Waals surface area (Å²) in [5.74, 6) is -0.502. The van der Waals surface area contributed by atoms with Crippen LogP contribution in [-0.4, -0.2) is 31.9 Å². The van der Waals surface area contributed by atoms with Crippen LogP contribution >= 0.6 is 12.4 Å². The van der Waals surface area contributed by atoms with Gasteiger partial charge < -0.3 is 5.73 Å². The van der Waals surface area contributed by atoms with Crippen molar-refractivity contribution >= 4 is 22.4 Å². The Bertz CT molecular complexity index is 551. The lowest BCUT2D eigenvalue weighted by Gasteiger charge is -2.29. The molecule has 0 unspecified atom stereocenters. The van der Waals surface area contributed by atoms with Gasteiger partial charge in [0, 0.05) is 19.1 Å². The van der Waals surface area contributed by atoms with E-state index < -0.39 is 15.8 Å². The fourth-order valence-corrected chi connectivity index (χ4v) is 3.62. The van der Waals surface area contributed by atoms with Crippen molar-refractivity contribution in [1.82, 2.24) is 4.31 Å². The van der Waals surface area contributed by atoms with Crippen molar-refractivity contribution in [3.05, 3.63) is 29.6 Å². The predicted octanol–water partition coefficient (Wildman–Crippen LogP) is 1.67. The molecule has 0 aromatic heterocycles. The molecule has 1 atom stereocenters. The van der Waals surface area contributed by atoms with Crippen LogP contribution in [0.1, 0.15) is 18.4 Å². The zero-order valence-electron chi connectivity index (χ0n) is 10.7. The van der Waals surface area contributed by atoms with Crippen LogP contribution in [0.4, 0.5) is 4.39 Å². The zero-order chi connectivity index (χ0) is 13.3. The first-order valence-corrected chi connectivity index (χ1v) is 7.37. The van der Waals surface area contributed by atoms with Crippen LogP contribution in [-0.2, 0) is 10.0 Å². The molecule has 108 valence electrons. The summed E-state index contributed by atoms with van der Waals surface area (Å²) in [7, 11) is -3.62. The average Bonchev–Trinajstić information content (AvgIpc) is 2.32. The lowest BCUT2D eigenvalue weighted by molar-refractivity contribution is 0.316. The Morgan fingerprint density at radius 3 is 2.68 bits per heavy atom. The second kappa shape index (κ2) is 6.17. The normalized spacial score (nSPS) is 20.9. The van der Waals surface area contributed by atoms with E-state index in [0.29, 0.717) is 18.7 Å². The van der Waals surface area contributed by atoms with Gasteiger partial charge in [-0.1, -0.05) is 6.07 Å². The Morgan fingerprint density at radius 2 is 2.11 bits per heavy atom. The van der Waals surface area contributed by atoms with Gasteiger partial charge in [-0.15, -0.1) is 12.4 Å². The second-order valence-electron chi connectivity index (χ2n) is 4.68. The Balaban J connectivity index is 0.00000180. The summed E-state index contributed by atoms with van der Waals surface area (Å²) >= 11 is 0. The summed E-state index contributed by atoms with van der Waals surface area (Å²) in [6, 6.07) is 3.86. The molecule has 1 aromatic rings. The van der Waals surface area contributed by atoms with Gasteiger partial charge in [0.2, 0.25) is 10.0 Å². The van der Waals surface area contributed by atoms with E-state index in [1.54, 1.807) is 6.92 Å². The number of hydrogen-bond donors (Lipinski definition) is 1. The van der Waals surface area contributed by atoms with Gasteiger partial charge >= 0.3 is 0 Å². The van der Waals surface area contributed by atoms with Crippen LogP contribution in [0.5, 0.6) is 0 Å². The van der Waals surface area contributed by atoms with Crippen molar-refractivity contribution in [2.75, 3.05) is 13.1 Å². The smallest absolute Gasteiger partial charge is 0.243 e. The molecule has 0 spiro atoms. The maximum Gasteiger partial charge on any atom is 0.243 e. The highest BCUT2D eigenvalue weighted by Gasteiger charge is 2.29. The highest BCUT2D eigenvalue weighted by molar-refractivity contribution is 7.89. The average molecular weight is 309 g/mol. The van der Waals surface area contributed by atoms with Crippen LogP contribution in [0, 0.1) is 12.7 Å². The summed E-state index contributed by atoms with van der Waals surface area (Å²) < 4.78 is 39.4. The molecule has 1 heterocycles. The topological polar surface area (TPSA) is 63.4 Å². The standard InChI is InChI=1S/C12H17FN2O2S.ClH/c1-9-4-5-11(7-12(9)13)18(16,17)15-6-2-3-10(14)8-15;/h4-5,7,10H,2-3,6,8,14H2,1H3;1H/t10-;/m1./s1. The number of piperidine rings is 1. The van der Waals surface area contributed by atoms with Gasteiger partial charge in [0.15, 0.2) is 0 Å². The number of hydrogen-bond acceptors (Lipinski definition) is 3. The molecule has 19 heavy (non-hydrogen) atoms. The molecule has 0 aliphatic carbocycles. The van der Waals surface area contributed by atoms with E-state index in [1.807, 2.05) is 0 Å². The van der Waals surface area contributed by atoms with Crippen molar-refractivity contribution in [3.63, 3.8) is 0 Å². The lowest BCUT2D eigenvalue weighted by atomic mass is 10.1. The third-order valence-electron chi connectivity index (χ3n) is 3.20. The fourth-order valence-electron chi connectivity index (χ4n) is 2.08. The second-order valence-corrected chi connectivity index (χ2v) is 6.61. The van der Waals surface area contributed by atoms with Crippen LogP contribution in [0.15, 0.2) is 23.1 Å². The maximum absolute atomic E-state index is 13.4. The van der Waals surface area contributed by atoms with E-state index in [9.17, 15) is 12.8 Å². The largest absolute Gasteiger partial charge is 0.327 e. The molecule has 1 aliphatic rings. The number of sulfonamides is 1. The molecule has 0 bridgehead atoms. The van der Waals surface area contributed by atoms with Gasteiger partial charge in [-0.25, -0.2) is 12.8 Å². The van der Waals surface area contributed by atoms with Gasteiger partial charge in [-0.2, -0.15) is 4.31 Å². The van der Waals surface area contributed by atoms with E-state index in [4.69, 9.17) is 5.73 Å². The van der Waals surface area contributed by atoms with Crippen molar-refractivity contribution < 1.29 is 12.8 Å². The summed E-state index contributed by atoms with van der Waals surface area (Å²) in [6.07, 6.45) is 1.57. The van der Waals surface area contributed by atoms with Crippen molar-refractivity contribution in [3.8, 4) is 0 Å². The fraction of sp³-hybridized carbons (Fsp3) is 0.500. The molecule has 1 fully saturated rings. The molecule has 2 rings (SSSR count). The van der Waals surface area contributed by atoms with E-state index in [2.05, 4.69) is 0 Å². The highest BCUT2D eigenvalue weighted by Crippen LogP contribution is 2.21. The van der Waals surface area contributed by atoms with Crippen LogP contribution < -0.4 is 5.73 Å². The molecular formula is C12H18ClFN2O2S. The van der Waals surface area contributed by atoms with Crippen molar-refractivity contribution in [2.45, 2.75) is 30.7 Å². The van der Waals surface area contributed by atoms with Gasteiger partial charge in [0.05, 0.1) is 4.90 Å². The van der Waals surface area contributed by atoms with Crippen LogP contribution in [0.25, 0.3) is 0 Å². The Labute approximate surface area is 119 Å². The molecule has 0 saturated carbocycles. The third-order valence-corrected chi connectivity index (χ3v) is 5.06. The van der Waals surface area contributed by atoms with Gasteiger partial charge in [0.25, 0.3) is 0 Å².